The van der Waals surface area contributed by atoms with Crippen molar-refractivity contribution in [2.24, 2.45) is 0 Å². The number of rotatable bonds is 5. The van der Waals surface area contributed by atoms with Crippen molar-refractivity contribution in [2.75, 3.05) is 9.80 Å². The molecule has 0 radical (unpaired) electrons. The van der Waals surface area contributed by atoms with E-state index in [1.54, 1.807) is 0 Å². The largest absolute Gasteiger partial charge is 0.311 e. The first kappa shape index (κ1) is 28.4. The van der Waals surface area contributed by atoms with Gasteiger partial charge < -0.3 is 9.80 Å². The molecule has 0 saturated heterocycles. The van der Waals surface area contributed by atoms with Crippen LogP contribution in [-0.4, -0.2) is 6.71 Å². The van der Waals surface area contributed by atoms with E-state index in [0.717, 1.165) is 5.69 Å². The predicted octanol–water partition coefficient (Wildman–Crippen LogP) is 9.57. The van der Waals surface area contributed by atoms with Gasteiger partial charge in [-0.05, 0) is 95.5 Å². The molecule has 2 aliphatic heterocycles. The molecular formula is C45H35BN2. The highest BCUT2D eigenvalue weighted by molar-refractivity contribution is 7.00. The zero-order valence-electron chi connectivity index (χ0n) is 27.2. The summed E-state index contributed by atoms with van der Waals surface area (Å²) in [6.07, 6.45) is 0. The highest BCUT2D eigenvalue weighted by Crippen LogP contribution is 2.45. The quantitative estimate of drug-likeness (QED) is 0.141. The van der Waals surface area contributed by atoms with Crippen molar-refractivity contribution in [1.82, 2.24) is 0 Å². The van der Waals surface area contributed by atoms with Gasteiger partial charge in [0, 0.05) is 40.0 Å². The van der Waals surface area contributed by atoms with Gasteiger partial charge in [-0.2, -0.15) is 0 Å². The maximum Gasteiger partial charge on any atom is 0.252 e. The minimum atomic E-state index is 0.101. The Hall–Kier alpha value is -5.80. The lowest BCUT2D eigenvalue weighted by molar-refractivity contribution is 0.977. The van der Waals surface area contributed by atoms with Gasteiger partial charge in [-0.1, -0.05) is 132 Å². The Balaban J connectivity index is 1.32. The maximum absolute atomic E-state index is 2.50. The first-order valence-corrected chi connectivity index (χ1v) is 16.8. The van der Waals surface area contributed by atoms with Crippen LogP contribution in [0.4, 0.5) is 34.1 Å². The molecule has 0 unspecified atom stereocenters. The third-order valence-corrected chi connectivity index (χ3v) is 10.1. The van der Waals surface area contributed by atoms with Crippen molar-refractivity contribution in [3.05, 3.63) is 198 Å². The first-order chi connectivity index (χ1) is 23.7. The van der Waals surface area contributed by atoms with Gasteiger partial charge in [-0.25, -0.2) is 0 Å². The number of anilines is 6. The fourth-order valence-corrected chi connectivity index (χ4v) is 7.95. The van der Waals surface area contributed by atoms with E-state index in [2.05, 4.69) is 194 Å². The monoisotopic (exact) mass is 614 g/mol. The summed E-state index contributed by atoms with van der Waals surface area (Å²) in [5, 5.41) is 0. The molecule has 2 aliphatic rings. The summed E-state index contributed by atoms with van der Waals surface area (Å²) in [4.78, 5) is 4.96. The molecule has 0 aromatic heterocycles. The molecule has 0 fully saturated rings. The molecule has 0 amide bonds. The highest BCUT2D eigenvalue weighted by Gasteiger charge is 2.43. The fraction of sp³-hybridized carbons (Fsp3) is 0.0667. The second kappa shape index (κ2) is 11.5. The first-order valence-electron chi connectivity index (χ1n) is 16.8. The van der Waals surface area contributed by atoms with Crippen molar-refractivity contribution in [1.29, 1.82) is 0 Å². The number of fused-ring (bicyclic) bond motifs is 4. The average molecular weight is 615 g/mol. The summed E-state index contributed by atoms with van der Waals surface area (Å²) in [5.41, 5.74) is 17.7. The Kier molecular flexibility index (Phi) is 6.79. The van der Waals surface area contributed by atoms with Gasteiger partial charge in [-0.3, -0.25) is 0 Å². The van der Waals surface area contributed by atoms with E-state index >= 15 is 0 Å². The molecule has 0 atom stereocenters. The molecule has 0 spiro atoms. The van der Waals surface area contributed by atoms with Crippen molar-refractivity contribution >= 4 is 57.2 Å². The van der Waals surface area contributed by atoms with Crippen LogP contribution < -0.4 is 26.2 Å². The number of nitrogens with zero attached hydrogens (tertiary/aromatic N) is 2. The van der Waals surface area contributed by atoms with Crippen molar-refractivity contribution in [3.63, 3.8) is 0 Å². The molecule has 3 heteroatoms. The summed E-state index contributed by atoms with van der Waals surface area (Å²) in [6, 6.07) is 62.7. The minimum absolute atomic E-state index is 0.101. The van der Waals surface area contributed by atoms with E-state index in [4.69, 9.17) is 0 Å². The van der Waals surface area contributed by atoms with Gasteiger partial charge in [0.2, 0.25) is 0 Å². The Morgan fingerprint density at radius 1 is 0.396 bits per heavy atom. The highest BCUT2D eigenvalue weighted by atomic mass is 15.2. The number of hydrogen-bond acceptors (Lipinski definition) is 2. The lowest BCUT2D eigenvalue weighted by atomic mass is 9.33. The lowest BCUT2D eigenvalue weighted by Gasteiger charge is -2.44. The Labute approximate surface area is 283 Å². The average Bonchev–Trinajstić information content (AvgIpc) is 3.13. The summed E-state index contributed by atoms with van der Waals surface area (Å²) in [7, 11) is 0. The third-order valence-electron chi connectivity index (χ3n) is 10.1. The number of hydrogen-bond donors (Lipinski definition) is 0. The Bertz CT molecular complexity index is 2220. The maximum atomic E-state index is 2.50. The minimum Gasteiger partial charge on any atom is -0.311 e. The molecule has 0 saturated carbocycles. The molecular weight excluding hydrogens is 579 g/mol. The van der Waals surface area contributed by atoms with Crippen LogP contribution in [0.15, 0.2) is 170 Å². The third kappa shape index (κ3) is 4.58. The molecule has 0 bridgehead atoms. The van der Waals surface area contributed by atoms with Crippen molar-refractivity contribution < 1.29 is 0 Å². The molecule has 2 heterocycles. The summed E-state index contributed by atoms with van der Waals surface area (Å²) in [6.45, 7) is 4.47. The number of benzene rings is 7. The molecule has 0 aliphatic carbocycles. The fourth-order valence-electron chi connectivity index (χ4n) is 7.95. The SMILES string of the molecule is Cc1ccc(N2c3ccc(C)cc3B3c4ccc(C(c5ccccc5)c5ccccc5)cc4N(c4ccccc4)c4cccc2c43)cc1. The normalized spacial score (nSPS) is 12.9. The number of para-hydroxylation sites is 1. The van der Waals surface area contributed by atoms with Crippen LogP contribution in [0, 0.1) is 13.8 Å². The summed E-state index contributed by atoms with van der Waals surface area (Å²) >= 11 is 0. The van der Waals surface area contributed by atoms with Crippen molar-refractivity contribution in [3.8, 4) is 0 Å². The van der Waals surface area contributed by atoms with E-state index < -0.39 is 0 Å². The second-order valence-corrected chi connectivity index (χ2v) is 13.1. The zero-order chi connectivity index (χ0) is 32.2. The van der Waals surface area contributed by atoms with E-state index in [-0.39, 0.29) is 12.6 Å². The second-order valence-electron chi connectivity index (χ2n) is 13.1. The van der Waals surface area contributed by atoms with Gasteiger partial charge >= 0.3 is 0 Å². The van der Waals surface area contributed by atoms with E-state index in [1.165, 1.54) is 72.6 Å². The smallest absolute Gasteiger partial charge is 0.252 e. The zero-order valence-corrected chi connectivity index (χ0v) is 27.2. The Morgan fingerprint density at radius 3 is 1.60 bits per heavy atom. The van der Waals surface area contributed by atoms with Crippen LogP contribution in [-0.2, 0) is 0 Å². The predicted molar refractivity (Wildman–Crippen MR) is 204 cm³/mol. The van der Waals surface area contributed by atoms with Crippen LogP contribution in [0.1, 0.15) is 33.7 Å². The van der Waals surface area contributed by atoms with Gasteiger partial charge in [0.05, 0.1) is 0 Å². The Morgan fingerprint density at radius 2 is 0.958 bits per heavy atom. The van der Waals surface area contributed by atoms with Crippen molar-refractivity contribution in [2.45, 2.75) is 19.8 Å². The molecule has 2 nitrogen and oxygen atoms in total. The van der Waals surface area contributed by atoms with E-state index in [0.29, 0.717) is 0 Å². The molecule has 7 aromatic carbocycles. The van der Waals surface area contributed by atoms with Gasteiger partial charge in [0.25, 0.3) is 6.71 Å². The van der Waals surface area contributed by atoms with Crippen LogP contribution in [0.2, 0.25) is 0 Å². The van der Waals surface area contributed by atoms with E-state index in [9.17, 15) is 0 Å². The van der Waals surface area contributed by atoms with Gasteiger partial charge in [0.1, 0.15) is 0 Å². The molecule has 0 N–H and O–H groups in total. The standard InChI is InChI=1S/C45H35BN2/c1-31-21-25-37(26-22-31)47-40-28-23-32(2)29-39(40)46-38-27-24-35(44(33-13-6-3-7-14-33)34-15-8-4-9-16-34)30-43(38)48(36-17-10-5-11-18-36)42-20-12-19-41(47)45(42)46/h3-30,44H,1-2H3. The molecule has 9 rings (SSSR count). The van der Waals surface area contributed by atoms with Gasteiger partial charge in [-0.15, -0.1) is 0 Å². The number of aryl methyl sites for hydroxylation is 2. The van der Waals surface area contributed by atoms with Gasteiger partial charge in [0.15, 0.2) is 0 Å². The van der Waals surface area contributed by atoms with E-state index in [1.807, 2.05) is 0 Å². The summed E-state index contributed by atoms with van der Waals surface area (Å²) < 4.78 is 0. The van der Waals surface area contributed by atoms with Crippen LogP contribution in [0.5, 0.6) is 0 Å². The molecule has 228 valence electrons. The van der Waals surface area contributed by atoms with Crippen LogP contribution in [0.25, 0.3) is 0 Å². The lowest BCUT2D eigenvalue weighted by Crippen LogP contribution is -2.61. The molecule has 48 heavy (non-hydrogen) atoms. The topological polar surface area (TPSA) is 6.48 Å². The summed E-state index contributed by atoms with van der Waals surface area (Å²) in [5.74, 6) is 0.112. The molecule has 7 aromatic rings. The van der Waals surface area contributed by atoms with Crippen LogP contribution in [0.3, 0.4) is 0 Å². The van der Waals surface area contributed by atoms with Crippen LogP contribution >= 0.6 is 0 Å².